The molecule has 1 saturated carbocycles. The van der Waals surface area contributed by atoms with Crippen LogP contribution in [-0.4, -0.2) is 11.9 Å². The van der Waals surface area contributed by atoms with E-state index in [1.54, 1.807) is 0 Å². The summed E-state index contributed by atoms with van der Waals surface area (Å²) in [7, 11) is 0. The number of nitrogens with one attached hydrogen (secondary N) is 1. The second-order valence-electron chi connectivity index (χ2n) is 7.05. The Hall–Kier alpha value is -2.86. The lowest BCUT2D eigenvalue weighted by atomic mass is 9.78. The normalized spacial score (nSPS) is 24.8. The molecule has 2 atom stereocenters. The van der Waals surface area contributed by atoms with Crippen molar-refractivity contribution in [3.8, 4) is 6.07 Å². The van der Waals surface area contributed by atoms with Gasteiger partial charge in [0.15, 0.2) is 0 Å². The van der Waals surface area contributed by atoms with E-state index in [0.717, 1.165) is 40.7 Å². The standard InChI is InChI=1S/C22H20N2O/c1-15-7-5-6-10-17(15)19-18-11-12-22(14-23,20(18)24-21(19)25)13-16-8-3-2-4-9-16/h2-10,20H,11-13H2,1H3,(H,24,25). The SMILES string of the molecule is Cc1ccccc1C1=C2CCC(C#N)(Cc3ccccc3)C2NC1=O. The van der Waals surface area contributed by atoms with Crippen LogP contribution in [0.3, 0.4) is 0 Å². The summed E-state index contributed by atoms with van der Waals surface area (Å²) < 4.78 is 0. The van der Waals surface area contributed by atoms with Gasteiger partial charge >= 0.3 is 0 Å². The Bertz CT molecular complexity index is 907. The van der Waals surface area contributed by atoms with E-state index in [4.69, 9.17) is 0 Å². The third-order valence-corrected chi connectivity index (χ3v) is 5.56. The number of nitriles is 1. The number of nitrogens with zero attached hydrogens (tertiary/aromatic N) is 1. The Labute approximate surface area is 148 Å². The molecule has 2 aromatic carbocycles. The predicted molar refractivity (Wildman–Crippen MR) is 97.5 cm³/mol. The van der Waals surface area contributed by atoms with E-state index in [1.807, 2.05) is 49.4 Å². The molecule has 4 rings (SSSR count). The van der Waals surface area contributed by atoms with Gasteiger partial charge in [-0.3, -0.25) is 4.79 Å². The van der Waals surface area contributed by atoms with Gasteiger partial charge in [-0.1, -0.05) is 54.6 Å². The molecule has 25 heavy (non-hydrogen) atoms. The maximum absolute atomic E-state index is 12.7. The smallest absolute Gasteiger partial charge is 0.252 e. The van der Waals surface area contributed by atoms with Crippen LogP contribution in [0.15, 0.2) is 60.2 Å². The fourth-order valence-corrected chi connectivity index (χ4v) is 4.28. The average Bonchev–Trinajstić information content (AvgIpc) is 3.13. The summed E-state index contributed by atoms with van der Waals surface area (Å²) in [5.41, 5.74) is 4.56. The molecule has 2 aliphatic rings. The summed E-state index contributed by atoms with van der Waals surface area (Å²) in [5, 5.41) is 13.1. The van der Waals surface area contributed by atoms with E-state index in [-0.39, 0.29) is 11.9 Å². The van der Waals surface area contributed by atoms with E-state index in [2.05, 4.69) is 23.5 Å². The van der Waals surface area contributed by atoms with E-state index >= 15 is 0 Å². The first kappa shape index (κ1) is 15.7. The molecular formula is C22H20N2O. The zero-order valence-corrected chi connectivity index (χ0v) is 14.3. The minimum absolute atomic E-state index is 0.0401. The van der Waals surface area contributed by atoms with Crippen LogP contribution in [0, 0.1) is 23.7 Å². The first-order valence-electron chi connectivity index (χ1n) is 8.70. The van der Waals surface area contributed by atoms with Gasteiger partial charge < -0.3 is 5.32 Å². The van der Waals surface area contributed by atoms with Crippen molar-refractivity contribution in [1.82, 2.24) is 5.32 Å². The summed E-state index contributed by atoms with van der Waals surface area (Å²) >= 11 is 0. The summed E-state index contributed by atoms with van der Waals surface area (Å²) in [4.78, 5) is 12.7. The monoisotopic (exact) mass is 328 g/mol. The number of amides is 1. The van der Waals surface area contributed by atoms with Gasteiger partial charge in [-0.05, 0) is 48.4 Å². The molecule has 2 unspecified atom stereocenters. The fraction of sp³-hybridized carbons (Fsp3) is 0.273. The Morgan fingerprint density at radius 2 is 1.88 bits per heavy atom. The molecule has 1 amide bonds. The molecule has 1 aliphatic heterocycles. The highest BCUT2D eigenvalue weighted by Crippen LogP contribution is 2.49. The zero-order chi connectivity index (χ0) is 17.4. The van der Waals surface area contributed by atoms with Gasteiger partial charge in [0.1, 0.15) is 0 Å². The minimum atomic E-state index is -0.559. The summed E-state index contributed by atoms with van der Waals surface area (Å²) in [5.74, 6) is -0.0401. The molecule has 0 bridgehead atoms. The van der Waals surface area contributed by atoms with Gasteiger partial charge in [-0.25, -0.2) is 0 Å². The van der Waals surface area contributed by atoms with Crippen LogP contribution in [0.25, 0.3) is 5.57 Å². The van der Waals surface area contributed by atoms with Crippen molar-refractivity contribution in [1.29, 1.82) is 5.26 Å². The first-order chi connectivity index (χ1) is 12.1. The summed E-state index contributed by atoms with van der Waals surface area (Å²) in [6.07, 6.45) is 2.25. The number of carbonyl (C=O) groups is 1. The van der Waals surface area contributed by atoms with Crippen molar-refractivity contribution in [2.75, 3.05) is 0 Å². The number of fused-ring (bicyclic) bond motifs is 1. The third-order valence-electron chi connectivity index (χ3n) is 5.56. The summed E-state index contributed by atoms with van der Waals surface area (Å²) in [6.45, 7) is 2.03. The second kappa shape index (κ2) is 5.89. The lowest BCUT2D eigenvalue weighted by Crippen LogP contribution is -2.41. The Kier molecular flexibility index (Phi) is 3.69. The highest BCUT2D eigenvalue weighted by atomic mass is 16.2. The molecular weight excluding hydrogens is 308 g/mol. The highest BCUT2D eigenvalue weighted by molar-refractivity contribution is 6.23. The molecule has 1 aliphatic carbocycles. The van der Waals surface area contributed by atoms with Gasteiger partial charge in [0.2, 0.25) is 0 Å². The Balaban J connectivity index is 1.76. The largest absolute Gasteiger partial charge is 0.344 e. The molecule has 3 heteroatoms. The number of hydrogen-bond donors (Lipinski definition) is 1. The molecule has 124 valence electrons. The number of carbonyl (C=O) groups excluding carboxylic acids is 1. The first-order valence-corrected chi connectivity index (χ1v) is 8.70. The molecule has 1 heterocycles. The van der Waals surface area contributed by atoms with Crippen molar-refractivity contribution in [3.05, 3.63) is 76.9 Å². The van der Waals surface area contributed by atoms with Crippen molar-refractivity contribution >= 4 is 11.5 Å². The quantitative estimate of drug-likeness (QED) is 0.932. The number of hydrogen-bond acceptors (Lipinski definition) is 2. The number of rotatable bonds is 3. The topological polar surface area (TPSA) is 52.9 Å². The molecule has 2 aromatic rings. The maximum atomic E-state index is 12.7. The van der Waals surface area contributed by atoms with Crippen LogP contribution in [0.2, 0.25) is 0 Å². The molecule has 1 N–H and O–H groups in total. The van der Waals surface area contributed by atoms with E-state index in [0.29, 0.717) is 6.42 Å². The lowest BCUT2D eigenvalue weighted by Gasteiger charge is -2.27. The lowest BCUT2D eigenvalue weighted by molar-refractivity contribution is -0.115. The third kappa shape index (κ3) is 2.46. The molecule has 0 spiro atoms. The number of aryl methyl sites for hydroxylation is 1. The van der Waals surface area contributed by atoms with Crippen molar-refractivity contribution in [2.45, 2.75) is 32.2 Å². The van der Waals surface area contributed by atoms with Crippen LogP contribution in [0.5, 0.6) is 0 Å². The van der Waals surface area contributed by atoms with E-state index in [9.17, 15) is 10.1 Å². The molecule has 1 fully saturated rings. The Morgan fingerprint density at radius 3 is 2.60 bits per heavy atom. The van der Waals surface area contributed by atoms with Gasteiger partial charge in [0, 0.05) is 5.57 Å². The van der Waals surface area contributed by atoms with Crippen LogP contribution in [0.1, 0.15) is 29.5 Å². The molecule has 0 aromatic heterocycles. The molecule has 0 saturated heterocycles. The Morgan fingerprint density at radius 1 is 1.16 bits per heavy atom. The van der Waals surface area contributed by atoms with Crippen molar-refractivity contribution in [2.24, 2.45) is 5.41 Å². The fourth-order valence-electron chi connectivity index (χ4n) is 4.28. The maximum Gasteiger partial charge on any atom is 0.252 e. The van der Waals surface area contributed by atoms with E-state index in [1.165, 1.54) is 0 Å². The average molecular weight is 328 g/mol. The zero-order valence-electron chi connectivity index (χ0n) is 14.3. The minimum Gasteiger partial charge on any atom is -0.344 e. The van der Waals surface area contributed by atoms with Gasteiger partial charge in [-0.2, -0.15) is 5.26 Å². The van der Waals surface area contributed by atoms with Crippen LogP contribution in [0.4, 0.5) is 0 Å². The van der Waals surface area contributed by atoms with Crippen LogP contribution >= 0.6 is 0 Å². The number of benzene rings is 2. The van der Waals surface area contributed by atoms with Crippen LogP contribution < -0.4 is 5.32 Å². The predicted octanol–water partition coefficient (Wildman–Crippen LogP) is 3.79. The highest BCUT2D eigenvalue weighted by Gasteiger charge is 2.51. The summed E-state index contributed by atoms with van der Waals surface area (Å²) in [6, 6.07) is 20.4. The van der Waals surface area contributed by atoms with Crippen molar-refractivity contribution < 1.29 is 4.79 Å². The molecule has 0 radical (unpaired) electrons. The van der Waals surface area contributed by atoms with Crippen LogP contribution in [-0.2, 0) is 11.2 Å². The van der Waals surface area contributed by atoms with Crippen molar-refractivity contribution in [3.63, 3.8) is 0 Å². The van der Waals surface area contributed by atoms with Gasteiger partial charge in [0.25, 0.3) is 5.91 Å². The van der Waals surface area contributed by atoms with Gasteiger partial charge in [0.05, 0.1) is 17.5 Å². The molecule has 3 nitrogen and oxygen atoms in total. The van der Waals surface area contributed by atoms with E-state index < -0.39 is 5.41 Å². The second-order valence-corrected chi connectivity index (χ2v) is 7.05. The van der Waals surface area contributed by atoms with Gasteiger partial charge in [-0.15, -0.1) is 0 Å².